The number of carbonyl (C=O) groups excluding carboxylic acids is 1. The molecule has 26 heavy (non-hydrogen) atoms. The Labute approximate surface area is 154 Å². The van der Waals surface area contributed by atoms with E-state index in [4.69, 9.17) is 0 Å². The van der Waals surface area contributed by atoms with E-state index in [2.05, 4.69) is 0 Å². The molecule has 0 aliphatic carbocycles. The van der Waals surface area contributed by atoms with Gasteiger partial charge in [-0.25, -0.2) is 17.2 Å². The summed E-state index contributed by atoms with van der Waals surface area (Å²) in [5, 5.41) is 3.82. The maximum absolute atomic E-state index is 13.3. The Morgan fingerprint density at radius 2 is 1.81 bits per heavy atom. The fourth-order valence-electron chi connectivity index (χ4n) is 2.58. The number of amides is 1. The lowest BCUT2D eigenvalue weighted by Gasteiger charge is -2.33. The molecule has 0 atom stereocenters. The predicted molar refractivity (Wildman–Crippen MR) is 95.0 cm³/mol. The zero-order chi connectivity index (χ0) is 18.7. The highest BCUT2D eigenvalue weighted by Crippen LogP contribution is 2.20. The number of nitrogens with zero attached hydrogens (tertiary/aromatic N) is 2. The van der Waals surface area contributed by atoms with Gasteiger partial charge in [-0.3, -0.25) is 4.79 Å². The van der Waals surface area contributed by atoms with Crippen molar-refractivity contribution in [3.05, 3.63) is 58.3 Å². The van der Waals surface area contributed by atoms with E-state index in [0.29, 0.717) is 6.07 Å². The first-order valence-corrected chi connectivity index (χ1v) is 10.2. The zero-order valence-electron chi connectivity index (χ0n) is 13.6. The lowest BCUT2D eigenvalue weighted by Crippen LogP contribution is -2.50. The molecule has 2 aromatic rings. The summed E-state index contributed by atoms with van der Waals surface area (Å²) in [6, 6.07) is 4.39. The van der Waals surface area contributed by atoms with Crippen LogP contribution in [0.2, 0.25) is 0 Å². The molecule has 1 aliphatic heterocycles. The minimum atomic E-state index is -3.93. The van der Waals surface area contributed by atoms with Crippen LogP contribution < -0.4 is 0 Å². The summed E-state index contributed by atoms with van der Waals surface area (Å²) in [5.41, 5.74) is 0.933. The number of rotatable bonds is 4. The van der Waals surface area contributed by atoms with E-state index in [1.807, 2.05) is 16.8 Å². The molecule has 0 unspecified atom stereocenters. The number of piperazine rings is 1. The fraction of sp³-hybridized carbons (Fsp3) is 0.235. The molecule has 138 valence electrons. The molecule has 1 aromatic heterocycles. The molecule has 5 nitrogen and oxygen atoms in total. The van der Waals surface area contributed by atoms with Gasteiger partial charge in [0.15, 0.2) is 11.6 Å². The van der Waals surface area contributed by atoms with Gasteiger partial charge in [0.2, 0.25) is 15.9 Å². The Balaban J connectivity index is 1.64. The molecule has 0 bridgehead atoms. The van der Waals surface area contributed by atoms with Crippen LogP contribution in [0.5, 0.6) is 0 Å². The largest absolute Gasteiger partial charge is 0.337 e. The molecule has 1 aromatic carbocycles. The number of carbonyl (C=O) groups is 1. The molecule has 0 N–H and O–H groups in total. The predicted octanol–water partition coefficient (Wildman–Crippen LogP) is 2.57. The second kappa shape index (κ2) is 7.65. The Morgan fingerprint density at radius 3 is 2.42 bits per heavy atom. The third-order valence-electron chi connectivity index (χ3n) is 4.04. The van der Waals surface area contributed by atoms with Crippen molar-refractivity contribution in [1.82, 2.24) is 9.21 Å². The summed E-state index contributed by atoms with van der Waals surface area (Å²) >= 11 is 1.53. The third-order valence-corrected chi connectivity index (χ3v) is 6.64. The first-order chi connectivity index (χ1) is 12.4. The Bertz CT molecular complexity index is 919. The highest BCUT2D eigenvalue weighted by Gasteiger charge is 2.30. The molecule has 0 saturated carbocycles. The second-order valence-corrected chi connectivity index (χ2v) is 8.41. The number of sulfonamides is 1. The SMILES string of the molecule is O=C(C=Cc1ccsc1)N1CCN(S(=O)(=O)c2ccc(F)c(F)c2)CC1. The number of benzene rings is 1. The van der Waals surface area contributed by atoms with Crippen LogP contribution in [0.25, 0.3) is 6.08 Å². The number of hydrogen-bond donors (Lipinski definition) is 0. The number of halogens is 2. The Kier molecular flexibility index (Phi) is 5.49. The molecule has 1 saturated heterocycles. The third kappa shape index (κ3) is 4.00. The van der Waals surface area contributed by atoms with Crippen LogP contribution in [0.3, 0.4) is 0 Å². The molecule has 1 aliphatic rings. The van der Waals surface area contributed by atoms with Gasteiger partial charge in [-0.1, -0.05) is 0 Å². The quantitative estimate of drug-likeness (QED) is 0.744. The zero-order valence-corrected chi connectivity index (χ0v) is 15.3. The Hall–Kier alpha value is -2.10. The van der Waals surface area contributed by atoms with Gasteiger partial charge < -0.3 is 4.90 Å². The molecule has 0 spiro atoms. The van der Waals surface area contributed by atoms with Gasteiger partial charge in [0.25, 0.3) is 0 Å². The van der Waals surface area contributed by atoms with E-state index in [-0.39, 0.29) is 37.0 Å². The van der Waals surface area contributed by atoms with Crippen LogP contribution >= 0.6 is 11.3 Å². The smallest absolute Gasteiger partial charge is 0.246 e. The van der Waals surface area contributed by atoms with Gasteiger partial charge in [0.05, 0.1) is 4.90 Å². The first kappa shape index (κ1) is 18.7. The lowest BCUT2D eigenvalue weighted by atomic mass is 10.3. The van der Waals surface area contributed by atoms with E-state index >= 15 is 0 Å². The monoisotopic (exact) mass is 398 g/mol. The molecule has 9 heteroatoms. The summed E-state index contributed by atoms with van der Waals surface area (Å²) < 4.78 is 52.6. The van der Waals surface area contributed by atoms with Crippen molar-refractivity contribution in [3.8, 4) is 0 Å². The average molecular weight is 398 g/mol. The van der Waals surface area contributed by atoms with Crippen LogP contribution in [0.15, 0.2) is 46.0 Å². The second-order valence-electron chi connectivity index (χ2n) is 5.70. The molecule has 1 fully saturated rings. The van der Waals surface area contributed by atoms with Gasteiger partial charge in [0.1, 0.15) is 0 Å². The van der Waals surface area contributed by atoms with Crippen LogP contribution in [-0.4, -0.2) is 49.7 Å². The van der Waals surface area contributed by atoms with Crippen LogP contribution in [-0.2, 0) is 14.8 Å². The van der Waals surface area contributed by atoms with E-state index < -0.39 is 21.7 Å². The molecule has 0 radical (unpaired) electrons. The number of hydrogen-bond acceptors (Lipinski definition) is 4. The molecule has 2 heterocycles. The normalized spacial score (nSPS) is 16.3. The molecular weight excluding hydrogens is 382 g/mol. The van der Waals surface area contributed by atoms with Crippen molar-refractivity contribution >= 4 is 33.3 Å². The van der Waals surface area contributed by atoms with Crippen LogP contribution in [0.1, 0.15) is 5.56 Å². The van der Waals surface area contributed by atoms with Gasteiger partial charge in [-0.05, 0) is 46.7 Å². The maximum Gasteiger partial charge on any atom is 0.246 e. The van der Waals surface area contributed by atoms with Crippen molar-refractivity contribution in [1.29, 1.82) is 0 Å². The highest BCUT2D eigenvalue weighted by molar-refractivity contribution is 7.89. The minimum Gasteiger partial charge on any atom is -0.337 e. The Morgan fingerprint density at radius 1 is 1.08 bits per heavy atom. The van der Waals surface area contributed by atoms with Gasteiger partial charge in [0, 0.05) is 32.3 Å². The minimum absolute atomic E-state index is 0.0966. The number of thiophene rings is 1. The van der Waals surface area contributed by atoms with E-state index in [0.717, 1.165) is 17.7 Å². The summed E-state index contributed by atoms with van der Waals surface area (Å²) in [6.45, 7) is 0.657. The summed E-state index contributed by atoms with van der Waals surface area (Å²) in [4.78, 5) is 13.4. The average Bonchev–Trinajstić information content (AvgIpc) is 3.15. The fourth-order valence-corrected chi connectivity index (χ4v) is 4.64. The van der Waals surface area contributed by atoms with Crippen molar-refractivity contribution in [2.75, 3.05) is 26.2 Å². The maximum atomic E-state index is 13.3. The molecule has 3 rings (SSSR count). The first-order valence-electron chi connectivity index (χ1n) is 7.82. The molecular formula is C17H16F2N2O3S2. The van der Waals surface area contributed by atoms with E-state index in [1.165, 1.54) is 21.7 Å². The standard InChI is InChI=1S/C17H16F2N2O3S2/c18-15-3-2-14(11-16(15)19)26(23,24)21-8-6-20(7-9-21)17(22)4-1-13-5-10-25-12-13/h1-5,10-12H,6-9H2. The topological polar surface area (TPSA) is 57.7 Å². The lowest BCUT2D eigenvalue weighted by molar-refractivity contribution is -0.127. The summed E-state index contributed by atoms with van der Waals surface area (Å²) in [7, 11) is -3.93. The van der Waals surface area contributed by atoms with Crippen LogP contribution in [0, 0.1) is 11.6 Å². The molecule has 1 amide bonds. The van der Waals surface area contributed by atoms with Gasteiger partial charge in [-0.2, -0.15) is 15.6 Å². The van der Waals surface area contributed by atoms with E-state index in [1.54, 1.807) is 11.0 Å². The van der Waals surface area contributed by atoms with Crippen LogP contribution in [0.4, 0.5) is 8.78 Å². The van der Waals surface area contributed by atoms with Crippen molar-refractivity contribution < 1.29 is 22.0 Å². The van der Waals surface area contributed by atoms with Gasteiger partial charge >= 0.3 is 0 Å². The van der Waals surface area contributed by atoms with Crippen molar-refractivity contribution in [3.63, 3.8) is 0 Å². The van der Waals surface area contributed by atoms with Crippen molar-refractivity contribution in [2.45, 2.75) is 4.90 Å². The highest BCUT2D eigenvalue weighted by atomic mass is 32.2. The van der Waals surface area contributed by atoms with Gasteiger partial charge in [-0.15, -0.1) is 0 Å². The van der Waals surface area contributed by atoms with E-state index in [9.17, 15) is 22.0 Å². The van der Waals surface area contributed by atoms with Crippen molar-refractivity contribution in [2.24, 2.45) is 0 Å². The summed E-state index contributed by atoms with van der Waals surface area (Å²) in [6.07, 6.45) is 3.17. The summed E-state index contributed by atoms with van der Waals surface area (Å²) in [5.74, 6) is -2.50.